The summed E-state index contributed by atoms with van der Waals surface area (Å²) in [5, 5.41) is 14.5. The number of hydrogen-bond donors (Lipinski definition) is 2. The van der Waals surface area contributed by atoms with E-state index in [2.05, 4.69) is 17.4 Å². The lowest BCUT2D eigenvalue weighted by atomic mass is 9.83. The van der Waals surface area contributed by atoms with Crippen LogP contribution in [0.4, 0.5) is 0 Å². The minimum atomic E-state index is -3.48. The number of benzene rings is 3. The summed E-state index contributed by atoms with van der Waals surface area (Å²) in [5.74, 6) is 1.52. The van der Waals surface area contributed by atoms with E-state index in [1.807, 2.05) is 42.5 Å². The fraction of sp³-hybridized carbons (Fsp3) is 0.441. The molecule has 8 heteroatoms. The number of nitrogens with one attached hydrogen (secondary N) is 1. The van der Waals surface area contributed by atoms with Crippen LogP contribution in [0.15, 0.2) is 78.9 Å². The standard InChI is InChI=1S/C34H42N2O5S/c1-42(39,40)36(29-23-27-12-8-9-13-28(27)24-29)21-20-33(37)32(22-25-10-4-2-5-11-25)35-34(38)26-16-18-31(19-17-26)41-30-14-6-3-7-15-30/h3,6-9,12-19,25,29,32-33,37H,2,4-5,10-11,20-24H2,1H3,(H,35,38). The summed E-state index contributed by atoms with van der Waals surface area (Å²) in [6.45, 7) is 0.210. The Morgan fingerprint density at radius 3 is 2.12 bits per heavy atom. The molecule has 0 spiro atoms. The second-order valence-corrected chi connectivity index (χ2v) is 13.8. The predicted octanol–water partition coefficient (Wildman–Crippen LogP) is 5.73. The first kappa shape index (κ1) is 30.3. The van der Waals surface area contributed by atoms with Crippen molar-refractivity contribution in [3.63, 3.8) is 0 Å². The lowest BCUT2D eigenvalue weighted by Gasteiger charge is -2.32. The van der Waals surface area contributed by atoms with E-state index in [1.54, 1.807) is 28.6 Å². The number of sulfonamides is 1. The first-order valence-electron chi connectivity index (χ1n) is 15.1. The van der Waals surface area contributed by atoms with E-state index in [9.17, 15) is 18.3 Å². The third kappa shape index (κ3) is 8.00. The van der Waals surface area contributed by atoms with Crippen LogP contribution < -0.4 is 10.1 Å². The van der Waals surface area contributed by atoms with Crippen LogP contribution in [0.3, 0.4) is 0 Å². The van der Waals surface area contributed by atoms with Crippen LogP contribution in [0, 0.1) is 5.92 Å². The third-order valence-electron chi connectivity index (χ3n) is 8.70. The lowest BCUT2D eigenvalue weighted by Crippen LogP contribution is -2.47. The fourth-order valence-corrected chi connectivity index (χ4v) is 7.59. The van der Waals surface area contributed by atoms with E-state index in [0.717, 1.165) is 31.4 Å². The first-order valence-corrected chi connectivity index (χ1v) is 17.0. The van der Waals surface area contributed by atoms with Gasteiger partial charge in [0.15, 0.2) is 0 Å². The highest BCUT2D eigenvalue weighted by atomic mass is 32.2. The quantitative estimate of drug-likeness (QED) is 0.281. The molecular formula is C34H42N2O5S. The van der Waals surface area contributed by atoms with Crippen molar-refractivity contribution in [3.8, 4) is 11.5 Å². The Bertz CT molecular complexity index is 1400. The summed E-state index contributed by atoms with van der Waals surface area (Å²) in [4.78, 5) is 13.3. The lowest BCUT2D eigenvalue weighted by molar-refractivity contribution is 0.0727. The molecule has 2 aliphatic rings. The highest BCUT2D eigenvalue weighted by Crippen LogP contribution is 2.30. The second-order valence-electron chi connectivity index (χ2n) is 11.8. The summed E-state index contributed by atoms with van der Waals surface area (Å²) in [7, 11) is -3.48. The Kier molecular flexibility index (Phi) is 9.98. The minimum absolute atomic E-state index is 0.160. The van der Waals surface area contributed by atoms with E-state index in [-0.39, 0.29) is 24.9 Å². The topological polar surface area (TPSA) is 95.9 Å². The van der Waals surface area contributed by atoms with Gasteiger partial charge in [-0.3, -0.25) is 4.79 Å². The van der Waals surface area contributed by atoms with Crippen molar-refractivity contribution < 1.29 is 23.1 Å². The number of hydrogen-bond acceptors (Lipinski definition) is 5. The molecule has 2 N–H and O–H groups in total. The number of nitrogens with zero attached hydrogens (tertiary/aromatic N) is 1. The van der Waals surface area contributed by atoms with Crippen molar-refractivity contribution in [1.82, 2.24) is 9.62 Å². The average Bonchev–Trinajstić information content (AvgIpc) is 3.41. The molecular weight excluding hydrogens is 548 g/mol. The number of ether oxygens (including phenoxy) is 1. The Hall–Kier alpha value is -3.20. The van der Waals surface area contributed by atoms with Crippen LogP contribution in [0.2, 0.25) is 0 Å². The van der Waals surface area contributed by atoms with E-state index in [1.165, 1.54) is 23.8 Å². The van der Waals surface area contributed by atoms with Gasteiger partial charge in [-0.05, 0) is 79.1 Å². The molecule has 0 heterocycles. The van der Waals surface area contributed by atoms with E-state index in [0.29, 0.717) is 36.5 Å². The highest BCUT2D eigenvalue weighted by molar-refractivity contribution is 7.88. The van der Waals surface area contributed by atoms with Crippen molar-refractivity contribution in [1.29, 1.82) is 0 Å². The van der Waals surface area contributed by atoms with Gasteiger partial charge < -0.3 is 15.2 Å². The van der Waals surface area contributed by atoms with Gasteiger partial charge in [0, 0.05) is 18.2 Å². The molecule has 2 aliphatic carbocycles. The number of aliphatic hydroxyl groups excluding tert-OH is 1. The van der Waals surface area contributed by atoms with Crippen LogP contribution >= 0.6 is 0 Å². The molecule has 1 amide bonds. The Labute approximate surface area is 250 Å². The maximum absolute atomic E-state index is 13.3. The number of fused-ring (bicyclic) bond motifs is 1. The number of para-hydroxylation sites is 1. The zero-order chi connectivity index (χ0) is 29.5. The van der Waals surface area contributed by atoms with Crippen LogP contribution in [-0.4, -0.2) is 54.7 Å². The van der Waals surface area contributed by atoms with Crippen LogP contribution in [0.25, 0.3) is 0 Å². The molecule has 42 heavy (non-hydrogen) atoms. The summed E-state index contributed by atoms with van der Waals surface area (Å²) in [6, 6.07) is 23.9. The summed E-state index contributed by atoms with van der Waals surface area (Å²) in [5.41, 5.74) is 2.84. The van der Waals surface area contributed by atoms with E-state index in [4.69, 9.17) is 4.74 Å². The molecule has 1 saturated carbocycles. The first-order chi connectivity index (χ1) is 20.3. The van der Waals surface area contributed by atoms with Gasteiger partial charge in [0.2, 0.25) is 10.0 Å². The predicted molar refractivity (Wildman–Crippen MR) is 165 cm³/mol. The van der Waals surface area contributed by atoms with E-state index >= 15 is 0 Å². The monoisotopic (exact) mass is 590 g/mol. The van der Waals surface area contributed by atoms with Crippen LogP contribution in [0.5, 0.6) is 11.5 Å². The number of aliphatic hydroxyl groups is 1. The van der Waals surface area contributed by atoms with Gasteiger partial charge in [0.05, 0.1) is 18.4 Å². The molecule has 5 rings (SSSR count). The van der Waals surface area contributed by atoms with Crippen molar-refractivity contribution in [2.24, 2.45) is 5.92 Å². The Balaban J connectivity index is 1.25. The molecule has 2 atom stereocenters. The third-order valence-corrected chi connectivity index (χ3v) is 10.0. The van der Waals surface area contributed by atoms with Crippen LogP contribution in [0.1, 0.15) is 66.4 Å². The Morgan fingerprint density at radius 1 is 0.905 bits per heavy atom. The van der Waals surface area contributed by atoms with Gasteiger partial charge in [-0.25, -0.2) is 8.42 Å². The average molecular weight is 591 g/mol. The molecule has 0 aromatic heterocycles. The second kappa shape index (κ2) is 13.8. The van der Waals surface area contributed by atoms with Crippen molar-refractivity contribution in [2.75, 3.05) is 12.8 Å². The maximum atomic E-state index is 13.3. The highest BCUT2D eigenvalue weighted by Gasteiger charge is 2.34. The number of rotatable bonds is 12. The molecule has 7 nitrogen and oxygen atoms in total. The summed E-state index contributed by atoms with van der Waals surface area (Å²) >= 11 is 0. The van der Waals surface area contributed by atoms with Gasteiger partial charge in [0.25, 0.3) is 5.91 Å². The maximum Gasteiger partial charge on any atom is 0.251 e. The van der Waals surface area contributed by atoms with E-state index < -0.39 is 22.2 Å². The largest absolute Gasteiger partial charge is 0.457 e. The van der Waals surface area contributed by atoms with Gasteiger partial charge in [-0.2, -0.15) is 4.31 Å². The summed E-state index contributed by atoms with van der Waals surface area (Å²) in [6.07, 6.45) is 8.36. The molecule has 1 fully saturated rings. The molecule has 0 radical (unpaired) electrons. The van der Waals surface area contributed by atoms with Gasteiger partial charge in [-0.15, -0.1) is 0 Å². The molecule has 3 aromatic rings. The van der Waals surface area contributed by atoms with Crippen LogP contribution in [-0.2, 0) is 22.9 Å². The van der Waals surface area contributed by atoms with Gasteiger partial charge in [-0.1, -0.05) is 74.6 Å². The zero-order valence-electron chi connectivity index (χ0n) is 24.3. The van der Waals surface area contributed by atoms with Crippen molar-refractivity contribution in [3.05, 3.63) is 95.6 Å². The minimum Gasteiger partial charge on any atom is -0.457 e. The molecule has 3 aromatic carbocycles. The zero-order valence-corrected chi connectivity index (χ0v) is 25.1. The molecule has 2 unspecified atom stereocenters. The number of carbonyl (C=O) groups is 1. The van der Waals surface area contributed by atoms with Crippen molar-refractivity contribution in [2.45, 2.75) is 76.0 Å². The molecule has 0 bridgehead atoms. The van der Waals surface area contributed by atoms with Gasteiger partial charge >= 0.3 is 0 Å². The normalized spacial score (nSPS) is 17.5. The fourth-order valence-electron chi connectivity index (χ4n) is 6.46. The molecule has 0 aliphatic heterocycles. The molecule has 224 valence electrons. The summed E-state index contributed by atoms with van der Waals surface area (Å²) < 4.78 is 33.1. The Morgan fingerprint density at radius 2 is 1.50 bits per heavy atom. The van der Waals surface area contributed by atoms with Gasteiger partial charge in [0.1, 0.15) is 11.5 Å². The number of amides is 1. The van der Waals surface area contributed by atoms with Crippen molar-refractivity contribution >= 4 is 15.9 Å². The SMILES string of the molecule is CS(=O)(=O)N(CCC(O)C(CC1CCCCC1)NC(=O)c1ccc(Oc2ccccc2)cc1)C1Cc2ccccc2C1. The smallest absolute Gasteiger partial charge is 0.251 e. The molecule has 0 saturated heterocycles. The number of carbonyl (C=O) groups excluding carboxylic acids is 1.